The standard InChI is InChI=1S/C59H38N4S/c1-59(2)48-20-10-6-16-40(48)43-30-26-36-32-47-42-18-8-12-22-50(42)63(52(47)34-45(36)55(43)59)39-28-24-35(25-29-39)56-54-44-19-9-13-23-53(44)64-58(54)61-57(60-56)37-27-31-51-46(33-37)41-17-7-11-21-49(41)62(51)38-14-4-3-5-15-38/h3-34H,1-2H3. The molecule has 5 heteroatoms. The molecule has 1 aliphatic carbocycles. The Balaban J connectivity index is 0.949. The summed E-state index contributed by atoms with van der Waals surface area (Å²) in [5.74, 6) is 0.725. The van der Waals surface area contributed by atoms with Crippen LogP contribution in [0.25, 0.3) is 120 Å². The molecule has 0 spiro atoms. The highest BCUT2D eigenvalue weighted by molar-refractivity contribution is 7.25. The lowest BCUT2D eigenvalue weighted by atomic mass is 9.80. The summed E-state index contributed by atoms with van der Waals surface area (Å²) in [7, 11) is 0. The second kappa shape index (κ2) is 13.1. The molecule has 0 saturated carbocycles. The normalized spacial score (nSPS) is 13.3. The van der Waals surface area contributed by atoms with Crippen LogP contribution in [-0.2, 0) is 5.41 Å². The molecule has 0 N–H and O–H groups in total. The van der Waals surface area contributed by atoms with Gasteiger partial charge in [-0.1, -0.05) is 135 Å². The van der Waals surface area contributed by atoms with Crippen molar-refractivity contribution >= 4 is 86.0 Å². The van der Waals surface area contributed by atoms with Gasteiger partial charge in [0.15, 0.2) is 5.82 Å². The molecular formula is C59H38N4S. The molecule has 1 aliphatic rings. The average Bonchev–Trinajstić information content (AvgIpc) is 4.05. The molecule has 4 aromatic heterocycles. The van der Waals surface area contributed by atoms with Gasteiger partial charge < -0.3 is 9.13 Å². The summed E-state index contributed by atoms with van der Waals surface area (Å²) in [6, 6.07) is 70.9. The Kier molecular flexibility index (Phi) is 7.30. The fraction of sp³-hybridized carbons (Fsp3) is 0.0508. The smallest absolute Gasteiger partial charge is 0.161 e. The number of aromatic nitrogens is 4. The lowest BCUT2D eigenvalue weighted by molar-refractivity contribution is 0.666. The Morgan fingerprint density at radius 1 is 0.438 bits per heavy atom. The summed E-state index contributed by atoms with van der Waals surface area (Å²) in [4.78, 5) is 11.8. The van der Waals surface area contributed by atoms with Gasteiger partial charge in [0.2, 0.25) is 0 Å². The average molecular weight is 835 g/mol. The summed E-state index contributed by atoms with van der Waals surface area (Å²) in [6.07, 6.45) is 0. The van der Waals surface area contributed by atoms with Gasteiger partial charge in [-0.25, -0.2) is 9.97 Å². The number of rotatable bonds is 4. The van der Waals surface area contributed by atoms with E-state index in [1.165, 1.54) is 81.2 Å². The molecule has 0 aliphatic heterocycles. The zero-order valence-corrected chi connectivity index (χ0v) is 36.0. The van der Waals surface area contributed by atoms with Crippen LogP contribution in [-0.4, -0.2) is 19.1 Å². The quantitative estimate of drug-likeness (QED) is 0.177. The van der Waals surface area contributed by atoms with Crippen LogP contribution in [0, 0.1) is 0 Å². The summed E-state index contributed by atoms with van der Waals surface area (Å²) in [6.45, 7) is 4.76. The molecule has 0 radical (unpaired) electrons. The van der Waals surface area contributed by atoms with Crippen LogP contribution < -0.4 is 0 Å². The van der Waals surface area contributed by atoms with Crippen LogP contribution in [0.5, 0.6) is 0 Å². The van der Waals surface area contributed by atoms with Crippen molar-refractivity contribution in [2.75, 3.05) is 0 Å². The Morgan fingerprint density at radius 3 is 1.86 bits per heavy atom. The Hall–Kier alpha value is -7.86. The summed E-state index contributed by atoms with van der Waals surface area (Å²) in [5.41, 5.74) is 15.4. The molecule has 4 heterocycles. The van der Waals surface area contributed by atoms with Crippen LogP contribution in [0.3, 0.4) is 0 Å². The zero-order valence-electron chi connectivity index (χ0n) is 35.2. The lowest BCUT2D eigenvalue weighted by Crippen LogP contribution is -2.15. The highest BCUT2D eigenvalue weighted by Crippen LogP contribution is 2.52. The van der Waals surface area contributed by atoms with Gasteiger partial charge in [-0.3, -0.25) is 0 Å². The second-order valence-electron chi connectivity index (χ2n) is 17.7. The molecule has 300 valence electrons. The van der Waals surface area contributed by atoms with Gasteiger partial charge >= 0.3 is 0 Å². The largest absolute Gasteiger partial charge is 0.309 e. The Labute approximate surface area is 372 Å². The molecule has 4 nitrogen and oxygen atoms in total. The lowest BCUT2D eigenvalue weighted by Gasteiger charge is -2.23. The van der Waals surface area contributed by atoms with Crippen molar-refractivity contribution in [3.8, 4) is 45.1 Å². The first kappa shape index (κ1) is 35.7. The molecule has 9 aromatic carbocycles. The van der Waals surface area contributed by atoms with Crippen molar-refractivity contribution in [3.05, 3.63) is 205 Å². The Morgan fingerprint density at radius 2 is 1.06 bits per heavy atom. The van der Waals surface area contributed by atoms with E-state index >= 15 is 0 Å². The van der Waals surface area contributed by atoms with Crippen molar-refractivity contribution in [2.24, 2.45) is 0 Å². The molecule has 0 fully saturated rings. The number of fused-ring (bicyclic) bond motifs is 14. The summed E-state index contributed by atoms with van der Waals surface area (Å²) >= 11 is 1.74. The third-order valence-corrected chi connectivity index (χ3v) is 15.0. The van der Waals surface area contributed by atoms with Crippen LogP contribution in [0.2, 0.25) is 0 Å². The molecule has 14 rings (SSSR count). The van der Waals surface area contributed by atoms with E-state index in [-0.39, 0.29) is 5.41 Å². The van der Waals surface area contributed by atoms with E-state index in [4.69, 9.17) is 9.97 Å². The first-order valence-electron chi connectivity index (χ1n) is 22.0. The first-order chi connectivity index (χ1) is 31.5. The van der Waals surface area contributed by atoms with Crippen molar-refractivity contribution < 1.29 is 0 Å². The summed E-state index contributed by atoms with van der Waals surface area (Å²) < 4.78 is 6.01. The monoisotopic (exact) mass is 834 g/mol. The minimum atomic E-state index is -0.113. The fourth-order valence-electron chi connectivity index (χ4n) is 11.1. The fourth-order valence-corrected chi connectivity index (χ4v) is 12.1. The minimum Gasteiger partial charge on any atom is -0.309 e. The zero-order chi connectivity index (χ0) is 42.3. The number of benzene rings is 9. The number of para-hydroxylation sites is 3. The molecule has 0 saturated heterocycles. The predicted octanol–water partition coefficient (Wildman–Crippen LogP) is 15.8. The minimum absolute atomic E-state index is 0.113. The molecule has 0 bridgehead atoms. The van der Waals surface area contributed by atoms with E-state index in [0.717, 1.165) is 49.8 Å². The van der Waals surface area contributed by atoms with E-state index in [0.29, 0.717) is 0 Å². The van der Waals surface area contributed by atoms with Crippen molar-refractivity contribution in [1.29, 1.82) is 0 Å². The second-order valence-corrected chi connectivity index (χ2v) is 18.8. The summed E-state index contributed by atoms with van der Waals surface area (Å²) in [5, 5.41) is 9.77. The van der Waals surface area contributed by atoms with E-state index in [9.17, 15) is 0 Å². The van der Waals surface area contributed by atoms with Crippen molar-refractivity contribution in [1.82, 2.24) is 19.1 Å². The van der Waals surface area contributed by atoms with Crippen LogP contribution >= 0.6 is 11.3 Å². The van der Waals surface area contributed by atoms with Gasteiger partial charge in [0.1, 0.15) is 4.83 Å². The maximum Gasteiger partial charge on any atom is 0.161 e. The topological polar surface area (TPSA) is 35.6 Å². The van der Waals surface area contributed by atoms with Crippen LogP contribution in [0.1, 0.15) is 25.0 Å². The van der Waals surface area contributed by atoms with E-state index in [1.807, 2.05) is 0 Å². The van der Waals surface area contributed by atoms with Gasteiger partial charge in [0.05, 0.1) is 27.8 Å². The van der Waals surface area contributed by atoms with Crippen LogP contribution in [0.15, 0.2) is 194 Å². The molecule has 0 unspecified atom stereocenters. The molecule has 0 amide bonds. The number of hydrogen-bond donors (Lipinski definition) is 0. The van der Waals surface area contributed by atoms with Gasteiger partial charge in [0.25, 0.3) is 0 Å². The maximum atomic E-state index is 5.49. The highest BCUT2D eigenvalue weighted by Gasteiger charge is 2.37. The predicted molar refractivity (Wildman–Crippen MR) is 270 cm³/mol. The molecule has 13 aromatic rings. The number of hydrogen-bond acceptors (Lipinski definition) is 3. The molecule has 0 atom stereocenters. The van der Waals surface area contributed by atoms with Gasteiger partial charge in [-0.2, -0.15) is 0 Å². The molecular weight excluding hydrogens is 797 g/mol. The number of nitrogens with zero attached hydrogens (tertiary/aromatic N) is 4. The van der Waals surface area contributed by atoms with E-state index < -0.39 is 0 Å². The van der Waals surface area contributed by atoms with E-state index in [1.54, 1.807) is 11.3 Å². The maximum absolute atomic E-state index is 5.49. The van der Waals surface area contributed by atoms with Gasteiger partial charge in [-0.15, -0.1) is 11.3 Å². The number of thiophene rings is 1. The molecule has 64 heavy (non-hydrogen) atoms. The highest BCUT2D eigenvalue weighted by atomic mass is 32.1. The van der Waals surface area contributed by atoms with E-state index in [2.05, 4.69) is 217 Å². The van der Waals surface area contributed by atoms with Gasteiger partial charge in [-0.05, 0) is 106 Å². The van der Waals surface area contributed by atoms with Crippen LogP contribution in [0.4, 0.5) is 0 Å². The first-order valence-corrected chi connectivity index (χ1v) is 22.8. The van der Waals surface area contributed by atoms with Crippen molar-refractivity contribution in [2.45, 2.75) is 19.3 Å². The third kappa shape index (κ3) is 4.93. The van der Waals surface area contributed by atoms with Gasteiger partial charge in [0, 0.05) is 64.9 Å². The third-order valence-electron chi connectivity index (χ3n) is 13.9. The SMILES string of the molecule is CC1(C)c2ccccc2-c2ccc3cc4c5ccccc5n(-c5ccc(-c6nc(-c7ccc8c(c7)c7ccccc7n8-c7ccccc7)nc7sc8ccccc8c67)cc5)c4cc3c21. The van der Waals surface area contributed by atoms with Crippen molar-refractivity contribution in [3.63, 3.8) is 0 Å². The Bertz CT molecular complexity index is 4090.